The molecule has 1 aromatic heterocycles. The van der Waals surface area contributed by atoms with Gasteiger partial charge in [-0.15, -0.1) is 0 Å². The number of hydrogen-bond acceptors (Lipinski definition) is 5. The molecule has 1 atom stereocenters. The van der Waals surface area contributed by atoms with E-state index in [1.54, 1.807) is 22.8 Å². The summed E-state index contributed by atoms with van der Waals surface area (Å²) in [4.78, 5) is 4.19. The molecule has 19 heavy (non-hydrogen) atoms. The van der Waals surface area contributed by atoms with Crippen LogP contribution in [0, 0.1) is 0 Å². The minimum Gasteiger partial charge on any atom is -0.394 e. The van der Waals surface area contributed by atoms with Gasteiger partial charge in [-0.25, -0.2) is 9.67 Å². The van der Waals surface area contributed by atoms with Gasteiger partial charge in [-0.2, -0.15) is 5.10 Å². The van der Waals surface area contributed by atoms with E-state index in [0.717, 1.165) is 43.1 Å². The Labute approximate surface area is 120 Å². The van der Waals surface area contributed by atoms with E-state index in [-0.39, 0.29) is 12.1 Å². The molecule has 0 aromatic carbocycles. The highest BCUT2D eigenvalue weighted by Gasteiger charge is 2.25. The number of aliphatic hydroxyl groups excluding tert-OH is 1. The van der Waals surface area contributed by atoms with Gasteiger partial charge in [0, 0.05) is 18.3 Å². The predicted octanol–water partition coefficient (Wildman–Crippen LogP) is 1.83. The first-order valence-corrected chi connectivity index (χ1v) is 7.98. The lowest BCUT2D eigenvalue weighted by molar-refractivity contribution is 0.146. The quantitative estimate of drug-likeness (QED) is 0.507. The highest BCUT2D eigenvalue weighted by Crippen LogP contribution is 2.21. The number of nitrogens with zero attached hydrogens (tertiary/aromatic N) is 3. The Morgan fingerprint density at radius 3 is 2.79 bits per heavy atom. The van der Waals surface area contributed by atoms with Crippen LogP contribution in [0.2, 0.25) is 0 Å². The van der Waals surface area contributed by atoms with E-state index in [1.807, 2.05) is 7.05 Å². The van der Waals surface area contributed by atoms with Crippen LogP contribution in [0.4, 0.5) is 0 Å². The summed E-state index contributed by atoms with van der Waals surface area (Å²) in [6, 6.07) is 0. The number of aryl methyl sites for hydroxylation is 1. The van der Waals surface area contributed by atoms with Crippen LogP contribution in [0.5, 0.6) is 0 Å². The molecule has 6 heteroatoms. The SMILES string of the molecule is CCCNC(CC)(CO)CCCSc1ncnn1C. The maximum Gasteiger partial charge on any atom is 0.185 e. The summed E-state index contributed by atoms with van der Waals surface area (Å²) in [6.45, 7) is 5.45. The second-order valence-corrected chi connectivity index (χ2v) is 5.90. The van der Waals surface area contributed by atoms with Crippen LogP contribution in [-0.4, -0.2) is 44.3 Å². The minimum atomic E-state index is -0.115. The molecule has 1 aromatic rings. The van der Waals surface area contributed by atoms with Crippen molar-refractivity contribution in [3.8, 4) is 0 Å². The van der Waals surface area contributed by atoms with Crippen LogP contribution >= 0.6 is 11.8 Å². The summed E-state index contributed by atoms with van der Waals surface area (Å²) in [5.41, 5.74) is -0.115. The smallest absolute Gasteiger partial charge is 0.185 e. The first kappa shape index (κ1) is 16.5. The zero-order valence-corrected chi connectivity index (χ0v) is 13.0. The molecule has 1 heterocycles. The molecule has 2 N–H and O–H groups in total. The topological polar surface area (TPSA) is 63.0 Å². The Bertz CT molecular complexity index is 352. The second kappa shape index (κ2) is 8.55. The fraction of sp³-hybridized carbons (Fsp3) is 0.846. The van der Waals surface area contributed by atoms with Gasteiger partial charge in [0.15, 0.2) is 5.16 Å². The van der Waals surface area contributed by atoms with Gasteiger partial charge >= 0.3 is 0 Å². The number of rotatable bonds is 10. The van der Waals surface area contributed by atoms with Gasteiger partial charge in [-0.05, 0) is 32.2 Å². The zero-order valence-electron chi connectivity index (χ0n) is 12.2. The van der Waals surface area contributed by atoms with Gasteiger partial charge in [0.2, 0.25) is 0 Å². The van der Waals surface area contributed by atoms with Crippen molar-refractivity contribution in [2.75, 3.05) is 18.9 Å². The molecule has 0 aliphatic rings. The Kier molecular flexibility index (Phi) is 7.41. The average Bonchev–Trinajstić information content (AvgIpc) is 2.84. The molecular formula is C13H26N4OS. The number of hydrogen-bond donors (Lipinski definition) is 2. The van der Waals surface area contributed by atoms with Crippen molar-refractivity contribution in [1.82, 2.24) is 20.1 Å². The first-order valence-electron chi connectivity index (χ1n) is 7.00. The molecule has 110 valence electrons. The van der Waals surface area contributed by atoms with E-state index in [9.17, 15) is 5.11 Å². The van der Waals surface area contributed by atoms with Crippen molar-refractivity contribution in [2.24, 2.45) is 7.05 Å². The van der Waals surface area contributed by atoms with Crippen molar-refractivity contribution >= 4 is 11.8 Å². The summed E-state index contributed by atoms with van der Waals surface area (Å²) < 4.78 is 1.79. The Morgan fingerprint density at radius 2 is 2.26 bits per heavy atom. The molecule has 5 nitrogen and oxygen atoms in total. The molecule has 0 saturated carbocycles. The van der Waals surface area contributed by atoms with E-state index >= 15 is 0 Å². The van der Waals surface area contributed by atoms with Gasteiger partial charge in [0.05, 0.1) is 6.61 Å². The van der Waals surface area contributed by atoms with Gasteiger partial charge < -0.3 is 10.4 Å². The maximum absolute atomic E-state index is 9.63. The Hall–Kier alpha value is -0.590. The standard InChI is InChI=1S/C13H26N4OS/c1-4-8-15-13(5-2,10-18)7-6-9-19-12-14-11-16-17(12)3/h11,15,18H,4-10H2,1-3H3. The van der Waals surface area contributed by atoms with Crippen LogP contribution in [0.1, 0.15) is 39.5 Å². The molecule has 0 amide bonds. The molecule has 0 spiro atoms. The fourth-order valence-corrected chi connectivity index (χ4v) is 2.84. The van der Waals surface area contributed by atoms with Crippen molar-refractivity contribution in [2.45, 2.75) is 50.2 Å². The molecule has 0 saturated heterocycles. The fourth-order valence-electron chi connectivity index (χ4n) is 2.02. The second-order valence-electron chi connectivity index (χ2n) is 4.84. The highest BCUT2D eigenvalue weighted by molar-refractivity contribution is 7.99. The average molecular weight is 286 g/mol. The van der Waals surface area contributed by atoms with Gasteiger partial charge in [0.1, 0.15) is 6.33 Å². The van der Waals surface area contributed by atoms with E-state index in [2.05, 4.69) is 29.2 Å². The number of aromatic nitrogens is 3. The van der Waals surface area contributed by atoms with Crippen molar-refractivity contribution in [3.05, 3.63) is 6.33 Å². The molecule has 0 aliphatic carbocycles. The molecule has 1 unspecified atom stereocenters. The van der Waals surface area contributed by atoms with Crippen LogP contribution in [0.3, 0.4) is 0 Å². The van der Waals surface area contributed by atoms with Gasteiger partial charge in [0.25, 0.3) is 0 Å². The summed E-state index contributed by atoms with van der Waals surface area (Å²) >= 11 is 1.72. The molecule has 0 aliphatic heterocycles. The zero-order chi connectivity index (χ0) is 14.1. The van der Waals surface area contributed by atoms with Gasteiger partial charge in [-0.1, -0.05) is 25.6 Å². The monoisotopic (exact) mass is 286 g/mol. The molecule has 0 radical (unpaired) electrons. The van der Waals surface area contributed by atoms with E-state index in [4.69, 9.17) is 0 Å². The third kappa shape index (κ3) is 5.12. The lowest BCUT2D eigenvalue weighted by atomic mass is 9.91. The van der Waals surface area contributed by atoms with Gasteiger partial charge in [-0.3, -0.25) is 0 Å². The van der Waals surface area contributed by atoms with Crippen LogP contribution in [-0.2, 0) is 7.05 Å². The number of thioether (sulfide) groups is 1. The van der Waals surface area contributed by atoms with Crippen LogP contribution in [0.25, 0.3) is 0 Å². The van der Waals surface area contributed by atoms with Crippen molar-refractivity contribution in [1.29, 1.82) is 0 Å². The minimum absolute atomic E-state index is 0.115. The molecule has 0 bridgehead atoms. The Morgan fingerprint density at radius 1 is 1.47 bits per heavy atom. The third-order valence-electron chi connectivity index (χ3n) is 3.43. The van der Waals surface area contributed by atoms with Crippen LogP contribution in [0.15, 0.2) is 11.5 Å². The Balaban J connectivity index is 2.33. The van der Waals surface area contributed by atoms with Crippen LogP contribution < -0.4 is 5.32 Å². The highest BCUT2D eigenvalue weighted by atomic mass is 32.2. The molecule has 1 rings (SSSR count). The molecule has 0 fully saturated rings. The first-order chi connectivity index (χ1) is 9.17. The summed E-state index contributed by atoms with van der Waals surface area (Å²) in [6.07, 6.45) is 5.68. The lowest BCUT2D eigenvalue weighted by Gasteiger charge is -2.32. The van der Waals surface area contributed by atoms with E-state index in [0.29, 0.717) is 0 Å². The summed E-state index contributed by atoms with van der Waals surface area (Å²) in [7, 11) is 1.90. The summed E-state index contributed by atoms with van der Waals surface area (Å²) in [5, 5.41) is 18.1. The number of nitrogens with one attached hydrogen (secondary N) is 1. The lowest BCUT2D eigenvalue weighted by Crippen LogP contribution is -2.48. The van der Waals surface area contributed by atoms with E-state index in [1.165, 1.54) is 0 Å². The summed E-state index contributed by atoms with van der Waals surface area (Å²) in [5.74, 6) is 1.00. The molecular weight excluding hydrogens is 260 g/mol. The van der Waals surface area contributed by atoms with Crippen molar-refractivity contribution < 1.29 is 5.11 Å². The number of aliphatic hydroxyl groups is 1. The maximum atomic E-state index is 9.63. The van der Waals surface area contributed by atoms with Crippen molar-refractivity contribution in [3.63, 3.8) is 0 Å². The normalized spacial score (nSPS) is 14.5. The van der Waals surface area contributed by atoms with E-state index < -0.39 is 0 Å². The third-order valence-corrected chi connectivity index (χ3v) is 4.55. The predicted molar refractivity (Wildman–Crippen MR) is 79.4 cm³/mol. The largest absolute Gasteiger partial charge is 0.394 e.